The van der Waals surface area contributed by atoms with Gasteiger partial charge in [-0.15, -0.1) is 0 Å². The quantitative estimate of drug-likeness (QED) is 0.583. The predicted octanol–water partition coefficient (Wildman–Crippen LogP) is 2.36. The highest BCUT2D eigenvalue weighted by Gasteiger charge is 2.22. The zero-order chi connectivity index (χ0) is 14.4. The van der Waals surface area contributed by atoms with Gasteiger partial charge in [0.1, 0.15) is 0 Å². The van der Waals surface area contributed by atoms with Gasteiger partial charge in [-0.1, -0.05) is 13.3 Å². The minimum absolute atomic E-state index is 0.0227. The van der Waals surface area contributed by atoms with Crippen molar-refractivity contribution in [2.45, 2.75) is 32.7 Å². The molecule has 2 N–H and O–H groups in total. The van der Waals surface area contributed by atoms with Crippen LogP contribution in [0, 0.1) is 10.1 Å². The predicted molar refractivity (Wildman–Crippen MR) is 71.4 cm³/mol. The molecule has 1 aromatic rings. The molecule has 0 aliphatic rings. The fraction of sp³-hybridized carbons (Fsp3) is 0.462. The molecule has 104 valence electrons. The maximum Gasteiger partial charge on any atom is 0.335 e. The first-order valence-corrected chi connectivity index (χ1v) is 6.19. The summed E-state index contributed by atoms with van der Waals surface area (Å²) in [5, 5.41) is 23.1. The Labute approximate surface area is 111 Å². The number of nitro groups is 1. The first-order chi connectivity index (χ1) is 9.02. The Balaban J connectivity index is 3.41. The van der Waals surface area contributed by atoms with E-state index in [-0.39, 0.29) is 17.8 Å². The minimum atomic E-state index is -1.04. The standard InChI is InChI=1S/C13H18N2O4/c1-3-4-5-9-10(13(16)17)6-7-12(15(18)19)11(9)8-14-2/h6-7,14H,3-5,8H2,1-2H3,(H,16,17). The Kier molecular flexibility index (Phi) is 5.44. The van der Waals surface area contributed by atoms with Crippen LogP contribution in [0.15, 0.2) is 12.1 Å². The molecule has 0 fully saturated rings. The molecule has 0 saturated carbocycles. The molecule has 6 nitrogen and oxygen atoms in total. The molecule has 0 aromatic heterocycles. The number of nitro benzene ring substituents is 1. The number of benzene rings is 1. The van der Waals surface area contributed by atoms with Gasteiger partial charge in [-0.25, -0.2) is 4.79 Å². The van der Waals surface area contributed by atoms with Crippen LogP contribution in [0.4, 0.5) is 5.69 Å². The van der Waals surface area contributed by atoms with Crippen molar-refractivity contribution >= 4 is 11.7 Å². The number of carboxylic acid groups (broad SMARTS) is 1. The lowest BCUT2D eigenvalue weighted by molar-refractivity contribution is -0.385. The van der Waals surface area contributed by atoms with E-state index in [1.165, 1.54) is 12.1 Å². The van der Waals surface area contributed by atoms with E-state index in [1.54, 1.807) is 7.05 Å². The lowest BCUT2D eigenvalue weighted by Crippen LogP contribution is -2.14. The average Bonchev–Trinajstić information content (AvgIpc) is 2.36. The molecule has 0 amide bonds. The van der Waals surface area contributed by atoms with Gasteiger partial charge in [-0.3, -0.25) is 10.1 Å². The van der Waals surface area contributed by atoms with Gasteiger partial charge in [0.15, 0.2) is 0 Å². The average molecular weight is 266 g/mol. The van der Waals surface area contributed by atoms with Crippen molar-refractivity contribution in [1.82, 2.24) is 5.32 Å². The van der Waals surface area contributed by atoms with Gasteiger partial charge in [-0.2, -0.15) is 0 Å². The van der Waals surface area contributed by atoms with Crippen molar-refractivity contribution in [3.05, 3.63) is 38.9 Å². The van der Waals surface area contributed by atoms with Crippen LogP contribution in [0.3, 0.4) is 0 Å². The van der Waals surface area contributed by atoms with Crippen LogP contribution < -0.4 is 5.32 Å². The van der Waals surface area contributed by atoms with E-state index in [0.29, 0.717) is 17.5 Å². The molecule has 0 unspecified atom stereocenters. The smallest absolute Gasteiger partial charge is 0.335 e. The topological polar surface area (TPSA) is 92.5 Å². The number of hydrogen-bond donors (Lipinski definition) is 2. The summed E-state index contributed by atoms with van der Waals surface area (Å²) in [6, 6.07) is 2.59. The van der Waals surface area contributed by atoms with Gasteiger partial charge >= 0.3 is 5.97 Å². The third kappa shape index (κ3) is 3.51. The van der Waals surface area contributed by atoms with Crippen molar-refractivity contribution in [3.8, 4) is 0 Å². The molecule has 1 aromatic carbocycles. The van der Waals surface area contributed by atoms with Crippen LogP contribution in [0.25, 0.3) is 0 Å². The molecular formula is C13H18N2O4. The maximum absolute atomic E-state index is 11.2. The number of aromatic carboxylic acids is 1. The number of carbonyl (C=O) groups is 1. The normalized spacial score (nSPS) is 10.4. The first-order valence-electron chi connectivity index (χ1n) is 6.19. The third-order valence-corrected chi connectivity index (χ3v) is 2.97. The first kappa shape index (κ1) is 15.1. The highest BCUT2D eigenvalue weighted by molar-refractivity contribution is 5.90. The summed E-state index contributed by atoms with van der Waals surface area (Å²) in [7, 11) is 1.68. The fourth-order valence-electron chi connectivity index (χ4n) is 2.07. The molecule has 6 heteroatoms. The summed E-state index contributed by atoms with van der Waals surface area (Å²) in [6.07, 6.45) is 2.25. The summed E-state index contributed by atoms with van der Waals surface area (Å²) >= 11 is 0. The van der Waals surface area contributed by atoms with Gasteiger partial charge in [0, 0.05) is 18.2 Å². The van der Waals surface area contributed by atoms with Crippen LogP contribution in [-0.4, -0.2) is 23.0 Å². The Hall–Kier alpha value is -1.95. The number of nitrogens with one attached hydrogen (secondary N) is 1. The molecule has 0 spiro atoms. The maximum atomic E-state index is 11.2. The molecule has 0 aliphatic carbocycles. The molecule has 19 heavy (non-hydrogen) atoms. The summed E-state index contributed by atoms with van der Waals surface area (Å²) in [4.78, 5) is 21.8. The number of nitrogens with zero attached hydrogens (tertiary/aromatic N) is 1. The third-order valence-electron chi connectivity index (χ3n) is 2.97. The Morgan fingerprint density at radius 3 is 2.58 bits per heavy atom. The Morgan fingerprint density at radius 1 is 1.42 bits per heavy atom. The molecule has 1 rings (SSSR count). The van der Waals surface area contributed by atoms with Crippen LogP contribution >= 0.6 is 0 Å². The van der Waals surface area contributed by atoms with Crippen molar-refractivity contribution in [2.75, 3.05) is 7.05 Å². The Bertz CT molecular complexity index is 486. The molecule has 0 bridgehead atoms. The van der Waals surface area contributed by atoms with E-state index >= 15 is 0 Å². The highest BCUT2D eigenvalue weighted by Crippen LogP contribution is 2.27. The van der Waals surface area contributed by atoms with Crippen molar-refractivity contribution < 1.29 is 14.8 Å². The van der Waals surface area contributed by atoms with Crippen LogP contribution in [0.1, 0.15) is 41.3 Å². The van der Waals surface area contributed by atoms with Crippen LogP contribution in [0.5, 0.6) is 0 Å². The van der Waals surface area contributed by atoms with Crippen molar-refractivity contribution in [2.24, 2.45) is 0 Å². The summed E-state index contributed by atoms with van der Waals surface area (Å²) in [5.41, 5.74) is 1.17. The zero-order valence-corrected chi connectivity index (χ0v) is 11.1. The van der Waals surface area contributed by atoms with Gasteiger partial charge in [-0.05, 0) is 31.5 Å². The summed E-state index contributed by atoms with van der Waals surface area (Å²) < 4.78 is 0. The molecular weight excluding hydrogens is 248 g/mol. The minimum Gasteiger partial charge on any atom is -0.478 e. The van der Waals surface area contributed by atoms with E-state index in [0.717, 1.165) is 12.8 Å². The largest absolute Gasteiger partial charge is 0.478 e. The van der Waals surface area contributed by atoms with E-state index in [9.17, 15) is 20.0 Å². The van der Waals surface area contributed by atoms with Crippen LogP contribution in [-0.2, 0) is 13.0 Å². The lowest BCUT2D eigenvalue weighted by atomic mass is 9.94. The SMILES string of the molecule is CCCCc1c(C(=O)O)ccc([N+](=O)[O-])c1CNC. The highest BCUT2D eigenvalue weighted by atomic mass is 16.6. The van der Waals surface area contributed by atoms with Gasteiger partial charge < -0.3 is 10.4 Å². The van der Waals surface area contributed by atoms with Gasteiger partial charge in [0.2, 0.25) is 0 Å². The van der Waals surface area contributed by atoms with Crippen molar-refractivity contribution in [3.63, 3.8) is 0 Å². The second-order valence-corrected chi connectivity index (χ2v) is 4.29. The van der Waals surface area contributed by atoms with Crippen LogP contribution in [0.2, 0.25) is 0 Å². The summed E-state index contributed by atoms with van der Waals surface area (Å²) in [6.45, 7) is 2.28. The number of unbranched alkanes of at least 4 members (excludes halogenated alkanes) is 1. The second-order valence-electron chi connectivity index (χ2n) is 4.29. The second kappa shape index (κ2) is 6.84. The summed E-state index contributed by atoms with van der Waals surface area (Å²) in [5.74, 6) is -1.04. The van der Waals surface area contributed by atoms with Gasteiger partial charge in [0.25, 0.3) is 5.69 Å². The van der Waals surface area contributed by atoms with E-state index in [2.05, 4.69) is 5.32 Å². The molecule has 0 saturated heterocycles. The Morgan fingerprint density at radius 2 is 2.11 bits per heavy atom. The molecule has 0 aliphatic heterocycles. The molecule has 0 atom stereocenters. The van der Waals surface area contributed by atoms with Gasteiger partial charge in [0.05, 0.1) is 10.5 Å². The van der Waals surface area contributed by atoms with E-state index in [1.807, 2.05) is 6.92 Å². The van der Waals surface area contributed by atoms with E-state index < -0.39 is 10.9 Å². The lowest BCUT2D eigenvalue weighted by Gasteiger charge is -2.12. The van der Waals surface area contributed by atoms with E-state index in [4.69, 9.17) is 0 Å². The fourth-order valence-corrected chi connectivity index (χ4v) is 2.07. The number of rotatable bonds is 7. The zero-order valence-electron chi connectivity index (χ0n) is 11.1. The number of hydrogen-bond acceptors (Lipinski definition) is 4. The monoisotopic (exact) mass is 266 g/mol. The number of carboxylic acids is 1. The molecule has 0 radical (unpaired) electrons. The molecule has 0 heterocycles. The van der Waals surface area contributed by atoms with Crippen molar-refractivity contribution in [1.29, 1.82) is 0 Å².